The fraction of sp³-hybridized carbons (Fsp3) is 0.500. The molecule has 0 spiro atoms. The van der Waals surface area contributed by atoms with Crippen molar-refractivity contribution in [2.45, 2.75) is 51.7 Å². The third kappa shape index (κ3) is 3.93. The number of hydrogen-bond acceptors (Lipinski definition) is 5. The molecule has 0 saturated carbocycles. The van der Waals surface area contributed by atoms with Crippen LogP contribution < -0.4 is 0 Å². The molecule has 1 amide bonds. The standard InChI is InChI=1S/C18H23N3O2S/c1-18(2,3)23-17(22)21-11-7-5-9-15(21)16-20-14(12-24-16)13-8-4-6-10-19-13/h4,6,8,10,12,15H,5,7,9,11H2,1-3H3/t15-/m1/s1. The predicted octanol–water partition coefficient (Wildman–Crippen LogP) is 4.67. The minimum absolute atomic E-state index is 0.00365. The van der Waals surface area contributed by atoms with Gasteiger partial charge in [-0.3, -0.25) is 9.88 Å². The van der Waals surface area contributed by atoms with Gasteiger partial charge in [-0.05, 0) is 52.2 Å². The summed E-state index contributed by atoms with van der Waals surface area (Å²) in [4.78, 5) is 23.5. The van der Waals surface area contributed by atoms with E-state index in [0.29, 0.717) is 0 Å². The van der Waals surface area contributed by atoms with Gasteiger partial charge >= 0.3 is 6.09 Å². The number of likely N-dealkylation sites (tertiary alicyclic amines) is 1. The number of thiazole rings is 1. The molecule has 1 aliphatic rings. The number of carbonyl (C=O) groups is 1. The van der Waals surface area contributed by atoms with Gasteiger partial charge in [-0.1, -0.05) is 6.07 Å². The average Bonchev–Trinajstić information content (AvgIpc) is 3.04. The monoisotopic (exact) mass is 345 g/mol. The van der Waals surface area contributed by atoms with Gasteiger partial charge in [0.1, 0.15) is 10.6 Å². The summed E-state index contributed by atoms with van der Waals surface area (Å²) in [6.45, 7) is 6.41. The molecule has 0 N–H and O–H groups in total. The van der Waals surface area contributed by atoms with Gasteiger partial charge in [0.25, 0.3) is 0 Å². The van der Waals surface area contributed by atoms with Crippen molar-refractivity contribution in [3.8, 4) is 11.4 Å². The molecule has 1 saturated heterocycles. The zero-order valence-electron chi connectivity index (χ0n) is 14.4. The molecule has 0 aliphatic carbocycles. The van der Waals surface area contributed by atoms with Crippen LogP contribution in [0.25, 0.3) is 11.4 Å². The van der Waals surface area contributed by atoms with Crippen molar-refractivity contribution < 1.29 is 9.53 Å². The molecule has 0 radical (unpaired) electrons. The highest BCUT2D eigenvalue weighted by Gasteiger charge is 2.33. The number of amides is 1. The Hall–Kier alpha value is -1.95. The molecule has 0 bridgehead atoms. The summed E-state index contributed by atoms with van der Waals surface area (Å²) in [5.41, 5.74) is 1.24. The first-order chi connectivity index (χ1) is 11.4. The van der Waals surface area contributed by atoms with E-state index in [1.807, 2.05) is 49.3 Å². The van der Waals surface area contributed by atoms with Crippen LogP contribution in [0.3, 0.4) is 0 Å². The number of carbonyl (C=O) groups excluding carboxylic acids is 1. The van der Waals surface area contributed by atoms with Crippen LogP contribution in [-0.4, -0.2) is 33.1 Å². The first-order valence-corrected chi connectivity index (χ1v) is 9.18. The van der Waals surface area contributed by atoms with Crippen LogP contribution in [0.1, 0.15) is 51.1 Å². The summed E-state index contributed by atoms with van der Waals surface area (Å²) in [6, 6.07) is 5.79. The maximum absolute atomic E-state index is 12.5. The fourth-order valence-electron chi connectivity index (χ4n) is 2.80. The van der Waals surface area contributed by atoms with E-state index in [1.165, 1.54) is 0 Å². The number of aromatic nitrogens is 2. The second-order valence-corrected chi connectivity index (χ2v) is 7.86. The molecule has 0 unspecified atom stereocenters. The molecule has 1 fully saturated rings. The second-order valence-electron chi connectivity index (χ2n) is 6.97. The van der Waals surface area contributed by atoms with Gasteiger partial charge in [0.15, 0.2) is 0 Å². The van der Waals surface area contributed by atoms with Crippen LogP contribution in [0.15, 0.2) is 29.8 Å². The average molecular weight is 345 g/mol. The van der Waals surface area contributed by atoms with Crippen LogP contribution in [-0.2, 0) is 4.74 Å². The summed E-state index contributed by atoms with van der Waals surface area (Å²) < 4.78 is 5.57. The summed E-state index contributed by atoms with van der Waals surface area (Å²) in [6.07, 6.45) is 4.55. The van der Waals surface area contributed by atoms with Gasteiger partial charge < -0.3 is 4.74 Å². The molecule has 2 aromatic rings. The lowest BCUT2D eigenvalue weighted by Gasteiger charge is -2.35. The van der Waals surface area contributed by atoms with Gasteiger partial charge in [-0.25, -0.2) is 9.78 Å². The van der Waals surface area contributed by atoms with Crippen molar-refractivity contribution in [3.63, 3.8) is 0 Å². The van der Waals surface area contributed by atoms with E-state index in [9.17, 15) is 4.79 Å². The molecule has 0 aromatic carbocycles. The van der Waals surface area contributed by atoms with Crippen molar-refractivity contribution in [1.82, 2.24) is 14.9 Å². The molecule has 6 heteroatoms. The van der Waals surface area contributed by atoms with E-state index in [4.69, 9.17) is 9.72 Å². The van der Waals surface area contributed by atoms with Crippen LogP contribution >= 0.6 is 11.3 Å². The van der Waals surface area contributed by atoms with E-state index in [2.05, 4.69) is 4.98 Å². The second kappa shape index (κ2) is 6.89. The third-order valence-corrected chi connectivity index (χ3v) is 4.81. The first-order valence-electron chi connectivity index (χ1n) is 8.30. The molecule has 24 heavy (non-hydrogen) atoms. The quantitative estimate of drug-likeness (QED) is 0.794. The Labute approximate surface area is 146 Å². The van der Waals surface area contributed by atoms with Crippen LogP contribution in [0, 0.1) is 0 Å². The van der Waals surface area contributed by atoms with Gasteiger partial charge in [-0.2, -0.15) is 0 Å². The van der Waals surface area contributed by atoms with Crippen LogP contribution in [0.5, 0.6) is 0 Å². The Bertz CT molecular complexity index is 694. The van der Waals surface area contributed by atoms with E-state index in [1.54, 1.807) is 17.5 Å². The summed E-state index contributed by atoms with van der Waals surface area (Å²) >= 11 is 1.59. The minimum atomic E-state index is -0.485. The smallest absolute Gasteiger partial charge is 0.410 e. The zero-order chi connectivity index (χ0) is 17.2. The van der Waals surface area contributed by atoms with Crippen LogP contribution in [0.2, 0.25) is 0 Å². The highest BCUT2D eigenvalue weighted by atomic mass is 32.1. The lowest BCUT2D eigenvalue weighted by atomic mass is 10.0. The lowest BCUT2D eigenvalue weighted by Crippen LogP contribution is -2.41. The third-order valence-electron chi connectivity index (χ3n) is 3.87. The molecule has 5 nitrogen and oxygen atoms in total. The van der Waals surface area contributed by atoms with E-state index >= 15 is 0 Å². The van der Waals surface area contributed by atoms with E-state index < -0.39 is 5.60 Å². The largest absolute Gasteiger partial charge is 0.444 e. The maximum Gasteiger partial charge on any atom is 0.410 e. The molecule has 3 rings (SSSR count). The van der Waals surface area contributed by atoms with Crippen molar-refractivity contribution >= 4 is 17.4 Å². The minimum Gasteiger partial charge on any atom is -0.444 e. The topological polar surface area (TPSA) is 55.3 Å². The van der Waals surface area contributed by atoms with E-state index in [-0.39, 0.29) is 12.1 Å². The number of ether oxygens (including phenoxy) is 1. The van der Waals surface area contributed by atoms with Crippen molar-refractivity contribution in [1.29, 1.82) is 0 Å². The molecule has 1 atom stereocenters. The Kier molecular flexibility index (Phi) is 4.85. The highest BCUT2D eigenvalue weighted by Crippen LogP contribution is 2.35. The predicted molar refractivity (Wildman–Crippen MR) is 94.9 cm³/mol. The Balaban J connectivity index is 1.81. The number of rotatable bonds is 2. The molecule has 128 valence electrons. The normalized spacial score (nSPS) is 18.5. The molecule has 3 heterocycles. The lowest BCUT2D eigenvalue weighted by molar-refractivity contribution is 0.00950. The van der Waals surface area contributed by atoms with Gasteiger partial charge in [0.05, 0.1) is 17.4 Å². The SMILES string of the molecule is CC(C)(C)OC(=O)N1CCCC[C@@H]1c1nc(-c2ccccn2)cs1. The molecular weight excluding hydrogens is 322 g/mol. The Morgan fingerprint density at radius 3 is 2.83 bits per heavy atom. The van der Waals surface area contributed by atoms with Gasteiger partial charge in [-0.15, -0.1) is 11.3 Å². The molecule has 2 aromatic heterocycles. The fourth-order valence-corrected chi connectivity index (χ4v) is 3.76. The van der Waals surface area contributed by atoms with Gasteiger partial charge in [0, 0.05) is 18.1 Å². The first kappa shape index (κ1) is 16.9. The van der Waals surface area contributed by atoms with Gasteiger partial charge in [0.2, 0.25) is 0 Å². The number of hydrogen-bond donors (Lipinski definition) is 0. The Morgan fingerprint density at radius 2 is 2.12 bits per heavy atom. The van der Waals surface area contributed by atoms with Crippen LogP contribution in [0.4, 0.5) is 4.79 Å². The number of pyridine rings is 1. The summed E-state index contributed by atoms with van der Waals surface area (Å²) in [7, 11) is 0. The molecular formula is C18H23N3O2S. The summed E-state index contributed by atoms with van der Waals surface area (Å²) in [5, 5.41) is 2.97. The number of nitrogens with zero attached hydrogens (tertiary/aromatic N) is 3. The van der Waals surface area contributed by atoms with Crippen molar-refractivity contribution in [2.75, 3.05) is 6.54 Å². The molecule has 1 aliphatic heterocycles. The van der Waals surface area contributed by atoms with Crippen molar-refractivity contribution in [2.24, 2.45) is 0 Å². The van der Waals surface area contributed by atoms with Crippen molar-refractivity contribution in [3.05, 3.63) is 34.8 Å². The Morgan fingerprint density at radius 1 is 1.29 bits per heavy atom. The number of piperidine rings is 1. The van der Waals surface area contributed by atoms with E-state index in [0.717, 1.165) is 42.2 Å². The zero-order valence-corrected chi connectivity index (χ0v) is 15.2. The maximum atomic E-state index is 12.5. The highest BCUT2D eigenvalue weighted by molar-refractivity contribution is 7.10. The summed E-state index contributed by atoms with van der Waals surface area (Å²) in [5.74, 6) is 0.